The summed E-state index contributed by atoms with van der Waals surface area (Å²) in [7, 11) is 1.74. The molecule has 1 radical (unpaired) electrons. The Morgan fingerprint density at radius 3 is 2.59 bits per heavy atom. The van der Waals surface area contributed by atoms with Crippen LogP contribution in [0.2, 0.25) is 0 Å². The van der Waals surface area contributed by atoms with E-state index in [1.54, 1.807) is 11.9 Å². The number of likely N-dealkylation sites (N-methyl/N-ethyl adjacent to an activating group) is 1. The molecule has 2 saturated heterocycles. The third-order valence-corrected chi connectivity index (χ3v) is 4.09. The molecule has 0 aliphatic carbocycles. The third kappa shape index (κ3) is 2.99. The van der Waals surface area contributed by atoms with Gasteiger partial charge in [-0.05, 0) is 32.1 Å². The summed E-state index contributed by atoms with van der Waals surface area (Å²) in [6, 6.07) is 1.26. The first kappa shape index (κ1) is 12.8. The second-order valence-electron chi connectivity index (χ2n) is 5.40. The number of nitrogens with zero attached hydrogens (tertiary/aromatic N) is 2. The van der Waals surface area contributed by atoms with Gasteiger partial charge in [-0.15, -0.1) is 0 Å². The number of hydrogen-bond acceptors (Lipinski definition) is 3. The summed E-state index contributed by atoms with van der Waals surface area (Å²) in [4.78, 5) is 15.1. The molecule has 2 aliphatic rings. The molecule has 4 nitrogen and oxygen atoms in total. The second-order valence-corrected chi connectivity index (χ2v) is 5.40. The van der Waals surface area contributed by atoms with Gasteiger partial charge in [0, 0.05) is 39.1 Å². The molecule has 0 aromatic heterocycles. The van der Waals surface area contributed by atoms with Gasteiger partial charge in [0.15, 0.2) is 0 Å². The standard InChI is InChI=1S/C13H23N2O2/c1-10(16)14(2)8-13(17)9-15-11-4-3-5-12(15)7-6-11/h3,11-13,17H,4-9H2,1-2H3/t11-,12+,13?. The molecule has 1 amide bonds. The van der Waals surface area contributed by atoms with E-state index in [0.29, 0.717) is 25.2 Å². The van der Waals surface area contributed by atoms with E-state index in [0.717, 1.165) is 12.8 Å². The maximum absolute atomic E-state index is 11.1. The zero-order valence-electron chi connectivity index (χ0n) is 10.8. The molecular weight excluding hydrogens is 216 g/mol. The molecule has 1 N–H and O–H groups in total. The molecule has 2 rings (SSSR count). The topological polar surface area (TPSA) is 43.8 Å². The summed E-state index contributed by atoms with van der Waals surface area (Å²) in [5.74, 6) is 0.0130. The number of aliphatic hydroxyl groups excluding tert-OH is 1. The third-order valence-electron chi connectivity index (χ3n) is 4.09. The van der Waals surface area contributed by atoms with Gasteiger partial charge in [-0.2, -0.15) is 0 Å². The lowest BCUT2D eigenvalue weighted by Gasteiger charge is -2.36. The van der Waals surface area contributed by atoms with Crippen molar-refractivity contribution in [3.05, 3.63) is 6.42 Å². The smallest absolute Gasteiger partial charge is 0.219 e. The highest BCUT2D eigenvalue weighted by Gasteiger charge is 2.37. The quantitative estimate of drug-likeness (QED) is 0.783. The van der Waals surface area contributed by atoms with Gasteiger partial charge in [0.1, 0.15) is 0 Å². The predicted octanol–water partition coefficient (Wildman–Crippen LogP) is 0.657. The first-order chi connectivity index (χ1) is 8.08. The molecular formula is C13H23N2O2. The molecule has 0 spiro atoms. The minimum atomic E-state index is -0.426. The maximum atomic E-state index is 11.1. The van der Waals surface area contributed by atoms with Crippen molar-refractivity contribution >= 4 is 5.91 Å². The van der Waals surface area contributed by atoms with E-state index in [-0.39, 0.29) is 5.91 Å². The van der Waals surface area contributed by atoms with Gasteiger partial charge < -0.3 is 10.0 Å². The Kier molecular flexibility index (Phi) is 4.05. The van der Waals surface area contributed by atoms with Crippen molar-refractivity contribution in [3.8, 4) is 0 Å². The SMILES string of the molecule is CC(=O)N(C)CC(O)CN1[C@@H]2C[CH]C[C@H]1CC2. The van der Waals surface area contributed by atoms with Crippen LogP contribution in [0.4, 0.5) is 0 Å². The van der Waals surface area contributed by atoms with Crippen LogP contribution < -0.4 is 0 Å². The van der Waals surface area contributed by atoms with Crippen molar-refractivity contribution < 1.29 is 9.90 Å². The Labute approximate surface area is 104 Å². The van der Waals surface area contributed by atoms with Crippen molar-refractivity contribution in [1.82, 2.24) is 9.80 Å². The Morgan fingerprint density at radius 1 is 1.47 bits per heavy atom. The van der Waals surface area contributed by atoms with Crippen LogP contribution in [-0.4, -0.2) is 59.1 Å². The van der Waals surface area contributed by atoms with Gasteiger partial charge in [-0.1, -0.05) is 0 Å². The van der Waals surface area contributed by atoms with E-state index in [4.69, 9.17) is 0 Å². The lowest BCUT2D eigenvalue weighted by molar-refractivity contribution is -0.129. The van der Waals surface area contributed by atoms with Gasteiger partial charge in [0.25, 0.3) is 0 Å². The van der Waals surface area contributed by atoms with E-state index in [9.17, 15) is 9.90 Å². The number of amides is 1. The van der Waals surface area contributed by atoms with E-state index in [1.165, 1.54) is 19.8 Å². The number of aliphatic hydroxyl groups is 1. The van der Waals surface area contributed by atoms with Crippen LogP contribution in [0, 0.1) is 6.42 Å². The van der Waals surface area contributed by atoms with Crippen LogP contribution in [-0.2, 0) is 4.79 Å². The monoisotopic (exact) mass is 239 g/mol. The van der Waals surface area contributed by atoms with Gasteiger partial charge >= 0.3 is 0 Å². The molecule has 2 aliphatic heterocycles. The number of hydrogen-bond donors (Lipinski definition) is 1. The van der Waals surface area contributed by atoms with Gasteiger partial charge in [-0.25, -0.2) is 0 Å². The number of fused-ring (bicyclic) bond motifs is 2. The normalized spacial score (nSPS) is 30.3. The van der Waals surface area contributed by atoms with Crippen LogP contribution in [0.3, 0.4) is 0 Å². The fraction of sp³-hybridized carbons (Fsp3) is 0.846. The van der Waals surface area contributed by atoms with Crippen molar-refractivity contribution in [2.75, 3.05) is 20.1 Å². The Morgan fingerprint density at radius 2 is 2.06 bits per heavy atom. The molecule has 1 unspecified atom stereocenters. The average Bonchev–Trinajstić information content (AvgIpc) is 2.51. The molecule has 3 atom stereocenters. The zero-order valence-corrected chi connectivity index (χ0v) is 10.8. The number of rotatable bonds is 4. The van der Waals surface area contributed by atoms with E-state index in [1.807, 2.05) is 0 Å². The van der Waals surface area contributed by atoms with Crippen molar-refractivity contribution in [3.63, 3.8) is 0 Å². The second kappa shape index (κ2) is 5.36. The fourth-order valence-electron chi connectivity index (χ4n) is 3.05. The maximum Gasteiger partial charge on any atom is 0.219 e. The summed E-state index contributed by atoms with van der Waals surface area (Å²) in [5, 5.41) is 10.0. The average molecular weight is 239 g/mol. The predicted molar refractivity (Wildman–Crippen MR) is 66.4 cm³/mol. The molecule has 0 aromatic carbocycles. The van der Waals surface area contributed by atoms with Gasteiger partial charge in [-0.3, -0.25) is 9.69 Å². The highest BCUT2D eigenvalue weighted by atomic mass is 16.3. The first-order valence-electron chi connectivity index (χ1n) is 6.55. The van der Waals surface area contributed by atoms with Crippen LogP contribution in [0.15, 0.2) is 0 Å². The lowest BCUT2D eigenvalue weighted by atomic mass is 10.0. The molecule has 17 heavy (non-hydrogen) atoms. The summed E-state index contributed by atoms with van der Waals surface area (Å²) in [6.07, 6.45) is 6.79. The largest absolute Gasteiger partial charge is 0.390 e. The molecule has 0 saturated carbocycles. The minimum absolute atomic E-state index is 0.0130. The Hall–Kier alpha value is -0.610. The van der Waals surface area contributed by atoms with Crippen LogP contribution in [0.5, 0.6) is 0 Å². The Bertz CT molecular complexity index is 267. The lowest BCUT2D eigenvalue weighted by Crippen LogP contribution is -2.47. The van der Waals surface area contributed by atoms with Crippen molar-refractivity contribution in [2.24, 2.45) is 0 Å². The van der Waals surface area contributed by atoms with Crippen molar-refractivity contribution in [1.29, 1.82) is 0 Å². The van der Waals surface area contributed by atoms with Gasteiger partial charge in [0.2, 0.25) is 5.91 Å². The van der Waals surface area contributed by atoms with E-state index in [2.05, 4.69) is 11.3 Å². The Balaban J connectivity index is 1.82. The minimum Gasteiger partial charge on any atom is -0.390 e. The summed E-state index contributed by atoms with van der Waals surface area (Å²) in [6.45, 7) is 2.68. The molecule has 2 fully saturated rings. The highest BCUT2D eigenvalue weighted by molar-refractivity contribution is 5.72. The van der Waals surface area contributed by atoms with Gasteiger partial charge in [0.05, 0.1) is 6.10 Å². The highest BCUT2D eigenvalue weighted by Crippen LogP contribution is 2.34. The molecule has 2 bridgehead atoms. The number of carbonyl (C=O) groups excluding carboxylic acids is 1. The fourth-order valence-corrected chi connectivity index (χ4v) is 3.05. The molecule has 97 valence electrons. The molecule has 2 heterocycles. The molecule has 0 aromatic rings. The summed E-state index contributed by atoms with van der Waals surface area (Å²) >= 11 is 0. The number of carbonyl (C=O) groups is 1. The van der Waals surface area contributed by atoms with E-state index >= 15 is 0 Å². The van der Waals surface area contributed by atoms with Crippen LogP contribution in [0.25, 0.3) is 0 Å². The summed E-state index contributed by atoms with van der Waals surface area (Å²) < 4.78 is 0. The van der Waals surface area contributed by atoms with Crippen LogP contribution in [0.1, 0.15) is 32.6 Å². The number of piperidine rings is 1. The van der Waals surface area contributed by atoms with Crippen molar-refractivity contribution in [2.45, 2.75) is 50.8 Å². The first-order valence-corrected chi connectivity index (χ1v) is 6.55. The summed E-state index contributed by atoms with van der Waals surface area (Å²) in [5.41, 5.74) is 0. The zero-order chi connectivity index (χ0) is 12.4. The van der Waals surface area contributed by atoms with Crippen LogP contribution >= 0.6 is 0 Å². The molecule has 4 heteroatoms. The van der Waals surface area contributed by atoms with E-state index < -0.39 is 6.10 Å².